The van der Waals surface area contributed by atoms with Crippen LogP contribution in [0.3, 0.4) is 0 Å². The fourth-order valence-electron chi connectivity index (χ4n) is 1.73. The van der Waals surface area contributed by atoms with E-state index in [0.717, 1.165) is 17.0 Å². The smallest absolute Gasteiger partial charge is 0.0464 e. The van der Waals surface area contributed by atoms with Crippen LogP contribution >= 0.6 is 0 Å². The molecule has 0 saturated heterocycles. The molecule has 0 amide bonds. The summed E-state index contributed by atoms with van der Waals surface area (Å²) in [6.45, 7) is 16.4. The van der Waals surface area contributed by atoms with E-state index in [2.05, 4.69) is 44.9 Å². The molecular formula is C14H19N. The van der Waals surface area contributed by atoms with Crippen LogP contribution in [-0.2, 0) is 0 Å². The average molecular weight is 201 g/mol. The largest absolute Gasteiger partial charge is 0.317 e. The molecule has 0 saturated carbocycles. The summed E-state index contributed by atoms with van der Waals surface area (Å²) in [6, 6.07) is 0. The first-order valence-electron chi connectivity index (χ1n) is 5.12. The van der Waals surface area contributed by atoms with Crippen molar-refractivity contribution in [2.75, 3.05) is 0 Å². The first-order valence-corrected chi connectivity index (χ1v) is 5.12. The molecule has 1 aliphatic heterocycles. The molecule has 0 N–H and O–H groups in total. The minimum absolute atomic E-state index is 1.02. The van der Waals surface area contributed by atoms with Crippen LogP contribution in [0.1, 0.15) is 27.7 Å². The third kappa shape index (κ3) is 2.30. The van der Waals surface area contributed by atoms with Crippen LogP contribution in [0.15, 0.2) is 59.6 Å². The third-order valence-electron chi connectivity index (χ3n) is 2.45. The van der Waals surface area contributed by atoms with Crippen LogP contribution in [-0.4, -0.2) is 4.90 Å². The molecule has 0 bridgehead atoms. The fraction of sp³-hybridized carbons (Fsp3) is 0.286. The van der Waals surface area contributed by atoms with E-state index < -0.39 is 0 Å². The van der Waals surface area contributed by atoms with Crippen LogP contribution in [0.4, 0.5) is 0 Å². The minimum Gasteiger partial charge on any atom is -0.317 e. The van der Waals surface area contributed by atoms with E-state index in [1.54, 1.807) is 0 Å². The average Bonchev–Trinajstić information content (AvgIpc) is 2.11. The normalized spacial score (nSPS) is 15.1. The van der Waals surface area contributed by atoms with Crippen molar-refractivity contribution in [3.05, 3.63) is 59.6 Å². The van der Waals surface area contributed by atoms with E-state index in [-0.39, 0.29) is 0 Å². The Bertz CT molecular complexity index is 388. The van der Waals surface area contributed by atoms with E-state index in [1.165, 1.54) is 11.1 Å². The molecule has 1 heteroatoms. The van der Waals surface area contributed by atoms with Crippen LogP contribution in [0.2, 0.25) is 0 Å². The third-order valence-corrected chi connectivity index (χ3v) is 2.45. The molecule has 0 aromatic heterocycles. The molecule has 0 unspecified atom stereocenters. The van der Waals surface area contributed by atoms with Crippen molar-refractivity contribution in [3.63, 3.8) is 0 Å². The van der Waals surface area contributed by atoms with Crippen molar-refractivity contribution < 1.29 is 0 Å². The van der Waals surface area contributed by atoms with Gasteiger partial charge in [-0.2, -0.15) is 0 Å². The summed E-state index contributed by atoms with van der Waals surface area (Å²) >= 11 is 0. The van der Waals surface area contributed by atoms with Gasteiger partial charge in [0.15, 0.2) is 0 Å². The number of hydrogen-bond acceptors (Lipinski definition) is 1. The van der Waals surface area contributed by atoms with Gasteiger partial charge in [-0.15, -0.1) is 0 Å². The van der Waals surface area contributed by atoms with Crippen molar-refractivity contribution >= 4 is 0 Å². The molecule has 15 heavy (non-hydrogen) atoms. The van der Waals surface area contributed by atoms with Crippen molar-refractivity contribution in [3.8, 4) is 0 Å². The van der Waals surface area contributed by atoms with Gasteiger partial charge < -0.3 is 4.90 Å². The molecule has 1 rings (SSSR count). The van der Waals surface area contributed by atoms with E-state index in [0.29, 0.717) is 0 Å². The Labute approximate surface area is 92.8 Å². The molecule has 1 heterocycles. The minimum atomic E-state index is 1.02. The maximum absolute atomic E-state index is 4.09. The Morgan fingerprint density at radius 3 is 2.33 bits per heavy atom. The Balaban J connectivity index is 3.15. The highest BCUT2D eigenvalue weighted by Gasteiger charge is 2.15. The summed E-state index contributed by atoms with van der Waals surface area (Å²) in [5.74, 6) is 0. The quantitative estimate of drug-likeness (QED) is 0.607. The highest BCUT2D eigenvalue weighted by Crippen LogP contribution is 2.28. The van der Waals surface area contributed by atoms with Crippen LogP contribution in [0.25, 0.3) is 0 Å². The Morgan fingerprint density at radius 1 is 1.27 bits per heavy atom. The topological polar surface area (TPSA) is 3.24 Å². The van der Waals surface area contributed by atoms with Gasteiger partial charge in [0.2, 0.25) is 0 Å². The van der Waals surface area contributed by atoms with Gasteiger partial charge in [-0.3, -0.25) is 0 Å². The lowest BCUT2D eigenvalue weighted by molar-refractivity contribution is 0.582. The molecule has 0 fully saturated rings. The zero-order valence-corrected chi connectivity index (χ0v) is 10.1. The van der Waals surface area contributed by atoms with Crippen LogP contribution in [0.5, 0.6) is 0 Å². The Kier molecular flexibility index (Phi) is 3.35. The van der Waals surface area contributed by atoms with Crippen molar-refractivity contribution in [2.24, 2.45) is 0 Å². The maximum atomic E-state index is 4.09. The fourth-order valence-corrected chi connectivity index (χ4v) is 1.73. The lowest BCUT2D eigenvalue weighted by Crippen LogP contribution is -2.19. The van der Waals surface area contributed by atoms with Crippen molar-refractivity contribution in [1.29, 1.82) is 0 Å². The van der Waals surface area contributed by atoms with Gasteiger partial charge in [0.05, 0.1) is 0 Å². The van der Waals surface area contributed by atoms with Gasteiger partial charge in [0.25, 0.3) is 0 Å². The van der Waals surface area contributed by atoms with Crippen LogP contribution < -0.4 is 0 Å². The summed E-state index contributed by atoms with van der Waals surface area (Å²) in [6.07, 6.45) is 6.14. The summed E-state index contributed by atoms with van der Waals surface area (Å²) in [7, 11) is 0. The molecule has 0 aromatic carbocycles. The van der Waals surface area contributed by atoms with E-state index in [9.17, 15) is 0 Å². The Morgan fingerprint density at radius 2 is 1.87 bits per heavy atom. The Hall–Kier alpha value is -1.50. The predicted octanol–water partition coefficient (Wildman–Crippen LogP) is 4.15. The lowest BCUT2D eigenvalue weighted by Gasteiger charge is -2.29. The molecule has 1 nitrogen and oxygen atoms in total. The van der Waals surface area contributed by atoms with Crippen molar-refractivity contribution in [1.82, 2.24) is 4.90 Å². The van der Waals surface area contributed by atoms with Gasteiger partial charge >= 0.3 is 0 Å². The summed E-state index contributed by atoms with van der Waals surface area (Å²) in [4.78, 5) is 2.10. The molecular weight excluding hydrogens is 182 g/mol. The molecule has 0 spiro atoms. The van der Waals surface area contributed by atoms with Gasteiger partial charge in [-0.05, 0) is 44.9 Å². The SMILES string of the molecule is C=C(C)C(=C(C)C)N1C=CC=C(C)C1=C. The zero-order valence-electron chi connectivity index (χ0n) is 10.1. The molecule has 0 aliphatic carbocycles. The first kappa shape index (κ1) is 11.6. The van der Waals surface area contributed by atoms with E-state index in [4.69, 9.17) is 0 Å². The monoisotopic (exact) mass is 201 g/mol. The number of allylic oxidation sites excluding steroid dienone is 5. The highest BCUT2D eigenvalue weighted by molar-refractivity contribution is 5.43. The lowest BCUT2D eigenvalue weighted by atomic mass is 10.1. The molecule has 80 valence electrons. The van der Waals surface area contributed by atoms with Gasteiger partial charge in [-0.1, -0.05) is 24.8 Å². The van der Waals surface area contributed by atoms with Crippen molar-refractivity contribution in [2.45, 2.75) is 27.7 Å². The number of hydrogen-bond donors (Lipinski definition) is 0. The van der Waals surface area contributed by atoms with Crippen LogP contribution in [0, 0.1) is 0 Å². The molecule has 0 radical (unpaired) electrons. The second kappa shape index (κ2) is 4.35. The number of nitrogens with zero attached hydrogens (tertiary/aromatic N) is 1. The number of rotatable bonds is 2. The maximum Gasteiger partial charge on any atom is 0.0464 e. The molecule has 0 aromatic rings. The summed E-state index contributed by atoms with van der Waals surface area (Å²) in [5, 5.41) is 0. The molecule has 1 aliphatic rings. The van der Waals surface area contributed by atoms with E-state index >= 15 is 0 Å². The molecule has 0 atom stereocenters. The summed E-state index contributed by atoms with van der Waals surface area (Å²) < 4.78 is 0. The van der Waals surface area contributed by atoms with E-state index in [1.807, 2.05) is 19.2 Å². The van der Waals surface area contributed by atoms with Gasteiger partial charge in [-0.25, -0.2) is 0 Å². The standard InChI is InChI=1S/C14H19N/c1-10(2)14(11(3)4)15-9-7-8-12(5)13(15)6/h7-9H,1,6H2,2-5H3. The highest BCUT2D eigenvalue weighted by atomic mass is 15.1. The first-order chi connectivity index (χ1) is 6.95. The second-order valence-electron chi connectivity index (χ2n) is 4.14. The second-order valence-corrected chi connectivity index (χ2v) is 4.14. The predicted molar refractivity (Wildman–Crippen MR) is 67.1 cm³/mol. The zero-order chi connectivity index (χ0) is 11.6. The van der Waals surface area contributed by atoms with Gasteiger partial charge in [0, 0.05) is 17.6 Å². The van der Waals surface area contributed by atoms with Gasteiger partial charge in [0.1, 0.15) is 0 Å². The summed E-state index contributed by atoms with van der Waals surface area (Å²) in [5.41, 5.74) is 5.69.